The summed E-state index contributed by atoms with van der Waals surface area (Å²) in [6.07, 6.45) is 0. The summed E-state index contributed by atoms with van der Waals surface area (Å²) >= 11 is -0.351. The molecule has 1 aromatic carbocycles. The highest BCUT2D eigenvalue weighted by Gasteiger charge is 2.28. The molecule has 0 aliphatic carbocycles. The Morgan fingerprint density at radius 1 is 1.31 bits per heavy atom. The van der Waals surface area contributed by atoms with Crippen molar-refractivity contribution in [2.75, 3.05) is 4.72 Å². The fraction of sp³-hybridized carbons (Fsp3) is 0.222. The van der Waals surface area contributed by atoms with E-state index in [1.807, 2.05) is 0 Å². The molecule has 0 saturated heterocycles. The van der Waals surface area contributed by atoms with Crippen LogP contribution in [-0.4, -0.2) is 11.5 Å². The van der Waals surface area contributed by atoms with Crippen LogP contribution in [0.25, 0.3) is 0 Å². The SMILES string of the molecule is CC(=O)Oc1ccc(NSC(F)(F)F)cc1. The average Bonchev–Trinajstić information content (AvgIpc) is 2.14. The van der Waals surface area contributed by atoms with Gasteiger partial charge in [0.05, 0.1) is 11.9 Å². The van der Waals surface area contributed by atoms with Gasteiger partial charge in [-0.15, -0.1) is 0 Å². The number of anilines is 1. The maximum Gasteiger partial charge on any atom is 0.461 e. The number of nitrogens with one attached hydrogen (secondary N) is 1. The Hall–Kier alpha value is -1.37. The second kappa shape index (κ2) is 5.11. The number of hydrogen-bond acceptors (Lipinski definition) is 4. The molecule has 88 valence electrons. The Balaban J connectivity index is 2.55. The van der Waals surface area contributed by atoms with E-state index in [9.17, 15) is 18.0 Å². The highest BCUT2D eigenvalue weighted by atomic mass is 32.2. The zero-order valence-corrected chi connectivity index (χ0v) is 8.98. The summed E-state index contributed by atoms with van der Waals surface area (Å²) in [5.41, 5.74) is -4.06. The molecule has 1 rings (SSSR count). The van der Waals surface area contributed by atoms with E-state index in [1.54, 1.807) is 0 Å². The van der Waals surface area contributed by atoms with Crippen LogP contribution >= 0.6 is 11.9 Å². The molecule has 0 spiro atoms. The Morgan fingerprint density at radius 2 is 1.88 bits per heavy atom. The van der Waals surface area contributed by atoms with E-state index >= 15 is 0 Å². The third kappa shape index (κ3) is 4.92. The maximum atomic E-state index is 11.8. The van der Waals surface area contributed by atoms with Gasteiger partial charge in [-0.1, -0.05) is 0 Å². The number of hydrogen-bond donors (Lipinski definition) is 1. The van der Waals surface area contributed by atoms with Crippen molar-refractivity contribution in [1.82, 2.24) is 0 Å². The van der Waals surface area contributed by atoms with Crippen molar-refractivity contribution >= 4 is 23.6 Å². The first-order valence-electron chi connectivity index (χ1n) is 4.16. The van der Waals surface area contributed by atoms with Crippen molar-refractivity contribution in [1.29, 1.82) is 0 Å². The topological polar surface area (TPSA) is 38.3 Å². The van der Waals surface area contributed by atoms with Gasteiger partial charge in [-0.05, 0) is 24.3 Å². The van der Waals surface area contributed by atoms with Crippen LogP contribution in [0.3, 0.4) is 0 Å². The average molecular weight is 251 g/mol. The monoisotopic (exact) mass is 251 g/mol. The normalized spacial score (nSPS) is 11.0. The minimum Gasteiger partial charge on any atom is -0.427 e. The molecule has 0 heterocycles. The summed E-state index contributed by atoms with van der Waals surface area (Å²) in [5.74, 6) is -0.194. The van der Waals surface area contributed by atoms with Crippen molar-refractivity contribution in [3.8, 4) is 5.75 Å². The lowest BCUT2D eigenvalue weighted by Gasteiger charge is -2.08. The summed E-state index contributed by atoms with van der Waals surface area (Å²) in [5, 5.41) is 0. The molecule has 0 fully saturated rings. The Kier molecular flexibility index (Phi) is 4.05. The van der Waals surface area contributed by atoms with Crippen LogP contribution in [0, 0.1) is 0 Å². The lowest BCUT2D eigenvalue weighted by atomic mass is 10.3. The summed E-state index contributed by atoms with van der Waals surface area (Å²) in [6, 6.07) is 5.58. The van der Waals surface area contributed by atoms with E-state index in [4.69, 9.17) is 4.74 Å². The largest absolute Gasteiger partial charge is 0.461 e. The molecule has 0 unspecified atom stereocenters. The van der Waals surface area contributed by atoms with Crippen LogP contribution in [-0.2, 0) is 4.79 Å². The number of halogens is 3. The van der Waals surface area contributed by atoms with Crippen LogP contribution < -0.4 is 9.46 Å². The third-order valence-electron chi connectivity index (χ3n) is 1.40. The van der Waals surface area contributed by atoms with Crippen molar-refractivity contribution < 1.29 is 22.7 Å². The summed E-state index contributed by atoms with van der Waals surface area (Å²) in [7, 11) is 0. The minimum absolute atomic E-state index is 0.276. The molecular formula is C9H8F3NO2S. The van der Waals surface area contributed by atoms with Crippen LogP contribution in [0.1, 0.15) is 6.92 Å². The quantitative estimate of drug-likeness (QED) is 0.508. The summed E-state index contributed by atoms with van der Waals surface area (Å²) < 4.78 is 42.3. The highest BCUT2D eigenvalue weighted by Crippen LogP contribution is 2.31. The van der Waals surface area contributed by atoms with Crippen molar-refractivity contribution in [3.63, 3.8) is 0 Å². The number of rotatable bonds is 3. The molecule has 0 aliphatic rings. The Bertz CT molecular complexity index is 364. The molecule has 16 heavy (non-hydrogen) atoms. The number of carbonyl (C=O) groups excluding carboxylic acids is 1. The molecule has 0 atom stereocenters. The molecule has 0 aromatic heterocycles. The molecule has 0 bridgehead atoms. The van der Waals surface area contributed by atoms with Crippen LogP contribution in [0.4, 0.5) is 18.9 Å². The van der Waals surface area contributed by atoms with E-state index in [0.717, 1.165) is 0 Å². The van der Waals surface area contributed by atoms with Gasteiger partial charge in [0.1, 0.15) is 5.75 Å². The van der Waals surface area contributed by atoms with Gasteiger partial charge in [0.15, 0.2) is 0 Å². The van der Waals surface area contributed by atoms with E-state index in [0.29, 0.717) is 0 Å². The van der Waals surface area contributed by atoms with Gasteiger partial charge in [0.25, 0.3) is 0 Å². The van der Waals surface area contributed by atoms with Crippen molar-refractivity contribution in [2.24, 2.45) is 0 Å². The molecule has 1 N–H and O–H groups in total. The van der Waals surface area contributed by atoms with E-state index in [-0.39, 0.29) is 23.4 Å². The molecule has 0 amide bonds. The molecule has 1 aromatic rings. The number of esters is 1. The number of carbonyl (C=O) groups is 1. The Labute approximate surface area is 94.1 Å². The van der Waals surface area contributed by atoms with Crippen LogP contribution in [0.15, 0.2) is 24.3 Å². The predicted octanol–water partition coefficient (Wildman–Crippen LogP) is 3.19. The molecule has 0 saturated carbocycles. The van der Waals surface area contributed by atoms with Crippen LogP contribution in [0.5, 0.6) is 5.75 Å². The van der Waals surface area contributed by atoms with Gasteiger partial charge in [-0.25, -0.2) is 0 Å². The van der Waals surface area contributed by atoms with Gasteiger partial charge in [-0.3, -0.25) is 4.79 Å². The molecule has 0 aliphatic heterocycles. The van der Waals surface area contributed by atoms with E-state index in [1.165, 1.54) is 31.2 Å². The standard InChI is InChI=1S/C9H8F3NO2S/c1-6(14)15-8-4-2-7(3-5-8)13-16-9(10,11)12/h2-5,13H,1H3. The third-order valence-corrected chi connectivity index (χ3v) is 1.97. The lowest BCUT2D eigenvalue weighted by molar-refractivity contribution is -0.131. The van der Waals surface area contributed by atoms with Gasteiger partial charge in [0, 0.05) is 12.6 Å². The molecule has 7 heteroatoms. The Morgan fingerprint density at radius 3 is 2.31 bits per heavy atom. The fourth-order valence-electron chi connectivity index (χ4n) is 0.874. The first-order valence-corrected chi connectivity index (χ1v) is 4.98. The molecule has 3 nitrogen and oxygen atoms in total. The number of benzene rings is 1. The van der Waals surface area contributed by atoms with Crippen LogP contribution in [0.2, 0.25) is 0 Å². The fourth-order valence-corrected chi connectivity index (χ4v) is 1.24. The smallest absolute Gasteiger partial charge is 0.427 e. The predicted molar refractivity (Wildman–Crippen MR) is 55.0 cm³/mol. The number of ether oxygens (including phenoxy) is 1. The van der Waals surface area contributed by atoms with E-state index < -0.39 is 11.5 Å². The maximum absolute atomic E-state index is 11.8. The molecular weight excluding hydrogens is 243 g/mol. The van der Waals surface area contributed by atoms with Gasteiger partial charge in [0.2, 0.25) is 0 Å². The van der Waals surface area contributed by atoms with Gasteiger partial charge < -0.3 is 9.46 Å². The van der Waals surface area contributed by atoms with Gasteiger partial charge in [-0.2, -0.15) is 13.2 Å². The summed E-state index contributed by atoms with van der Waals surface area (Å²) in [4.78, 5) is 10.6. The first-order chi connectivity index (χ1) is 7.37. The lowest BCUT2D eigenvalue weighted by Crippen LogP contribution is -2.04. The summed E-state index contributed by atoms with van der Waals surface area (Å²) in [6.45, 7) is 1.24. The second-order valence-corrected chi connectivity index (χ2v) is 3.64. The molecule has 0 radical (unpaired) electrons. The second-order valence-electron chi connectivity index (χ2n) is 2.77. The zero-order chi connectivity index (χ0) is 12.2. The van der Waals surface area contributed by atoms with E-state index in [2.05, 4.69) is 4.72 Å². The highest BCUT2D eigenvalue weighted by molar-refractivity contribution is 8.01. The first kappa shape index (κ1) is 12.7. The minimum atomic E-state index is -4.34. The van der Waals surface area contributed by atoms with Crippen molar-refractivity contribution in [3.05, 3.63) is 24.3 Å². The zero-order valence-electron chi connectivity index (χ0n) is 8.17. The number of alkyl halides is 3. The van der Waals surface area contributed by atoms with Crippen molar-refractivity contribution in [2.45, 2.75) is 12.4 Å². The van der Waals surface area contributed by atoms with Gasteiger partial charge >= 0.3 is 11.5 Å².